The van der Waals surface area contributed by atoms with Crippen LogP contribution in [0.3, 0.4) is 0 Å². The van der Waals surface area contributed by atoms with E-state index < -0.39 is 0 Å². The molecule has 1 saturated heterocycles. The maximum Gasteiger partial charge on any atom is 0.264 e. The minimum atomic E-state index is -0.347. The third-order valence-electron chi connectivity index (χ3n) is 6.45. The van der Waals surface area contributed by atoms with Crippen LogP contribution in [-0.2, 0) is 7.05 Å². The first kappa shape index (κ1) is 22.0. The first-order valence-corrected chi connectivity index (χ1v) is 11.6. The Kier molecular flexibility index (Phi) is 5.72. The Bertz CT molecular complexity index is 1500. The highest BCUT2D eigenvalue weighted by atomic mass is 35.5. The summed E-state index contributed by atoms with van der Waals surface area (Å²) in [5, 5.41) is 22.5. The molecule has 2 aromatic carbocycles. The van der Waals surface area contributed by atoms with Gasteiger partial charge in [0.15, 0.2) is 0 Å². The van der Waals surface area contributed by atoms with Crippen molar-refractivity contribution in [3.8, 4) is 34.2 Å². The molecule has 1 aliphatic rings. The molecule has 0 atom stereocenters. The molecule has 170 valence electrons. The highest BCUT2D eigenvalue weighted by Gasteiger charge is 2.24. The lowest BCUT2D eigenvalue weighted by molar-refractivity contribution is 0.481. The number of benzene rings is 2. The standard InChI is InChI=1S/C27H23ClN4O2/c1-31-23-8-4-3-7-19(23)25(33)24(27(31)34)22-15-20(17-9-11-18(28)12-10-17)21(16-29)26(30-22)32-13-5-2-6-14-32/h3-4,7-12,15,33H,2,5-6,13-14H2,1H3. The first-order valence-electron chi connectivity index (χ1n) is 11.3. The van der Waals surface area contributed by atoms with Crippen molar-refractivity contribution >= 4 is 28.3 Å². The molecule has 5 rings (SSSR count). The molecule has 0 radical (unpaired) electrons. The van der Waals surface area contributed by atoms with Gasteiger partial charge >= 0.3 is 0 Å². The highest BCUT2D eigenvalue weighted by Crippen LogP contribution is 2.38. The normalized spacial score (nSPS) is 13.7. The number of para-hydroxylation sites is 1. The topological polar surface area (TPSA) is 82.2 Å². The zero-order valence-electron chi connectivity index (χ0n) is 18.8. The summed E-state index contributed by atoms with van der Waals surface area (Å²) in [6.45, 7) is 1.57. The fourth-order valence-electron chi connectivity index (χ4n) is 4.67. The molecule has 1 fully saturated rings. The van der Waals surface area contributed by atoms with Gasteiger partial charge in [0.2, 0.25) is 0 Å². The summed E-state index contributed by atoms with van der Waals surface area (Å²) in [5.74, 6) is 0.432. The number of rotatable bonds is 3. The predicted octanol–water partition coefficient (Wildman–Crippen LogP) is 5.49. The summed E-state index contributed by atoms with van der Waals surface area (Å²) in [5.41, 5.74) is 2.65. The van der Waals surface area contributed by atoms with Gasteiger partial charge < -0.3 is 14.6 Å². The van der Waals surface area contributed by atoms with Gasteiger partial charge in [0, 0.05) is 36.1 Å². The zero-order valence-corrected chi connectivity index (χ0v) is 19.5. The number of pyridine rings is 2. The Morgan fingerprint density at radius 1 is 1.06 bits per heavy atom. The van der Waals surface area contributed by atoms with E-state index in [2.05, 4.69) is 11.0 Å². The van der Waals surface area contributed by atoms with Crippen LogP contribution in [0.25, 0.3) is 33.3 Å². The van der Waals surface area contributed by atoms with E-state index in [9.17, 15) is 15.2 Å². The second-order valence-electron chi connectivity index (χ2n) is 8.52. The van der Waals surface area contributed by atoms with Gasteiger partial charge in [-0.2, -0.15) is 5.26 Å². The average molecular weight is 471 g/mol. The molecule has 0 saturated carbocycles. The van der Waals surface area contributed by atoms with Gasteiger partial charge in [-0.25, -0.2) is 4.98 Å². The number of anilines is 1. The summed E-state index contributed by atoms with van der Waals surface area (Å²) in [6.07, 6.45) is 3.15. The minimum absolute atomic E-state index is 0.109. The van der Waals surface area contributed by atoms with Gasteiger partial charge in [0.25, 0.3) is 5.56 Å². The Morgan fingerprint density at radius 3 is 2.47 bits per heavy atom. The fraction of sp³-hybridized carbons (Fsp3) is 0.222. The minimum Gasteiger partial charge on any atom is -0.506 e. The number of aryl methyl sites for hydroxylation is 1. The largest absolute Gasteiger partial charge is 0.506 e. The highest BCUT2D eigenvalue weighted by molar-refractivity contribution is 6.30. The molecule has 0 unspecified atom stereocenters. The number of halogens is 1. The lowest BCUT2D eigenvalue weighted by Gasteiger charge is -2.29. The summed E-state index contributed by atoms with van der Waals surface area (Å²) >= 11 is 6.10. The summed E-state index contributed by atoms with van der Waals surface area (Å²) in [6, 6.07) is 18.5. The van der Waals surface area contributed by atoms with Crippen LogP contribution in [0.4, 0.5) is 5.82 Å². The van der Waals surface area contributed by atoms with Crippen LogP contribution in [0, 0.1) is 11.3 Å². The van der Waals surface area contributed by atoms with Crippen LogP contribution in [0.5, 0.6) is 5.75 Å². The van der Waals surface area contributed by atoms with Crippen molar-refractivity contribution in [2.45, 2.75) is 19.3 Å². The third-order valence-corrected chi connectivity index (χ3v) is 6.71. The SMILES string of the molecule is Cn1c(=O)c(-c2cc(-c3ccc(Cl)cc3)c(C#N)c(N3CCCCC3)n2)c(O)c2ccccc21. The summed E-state index contributed by atoms with van der Waals surface area (Å²) in [4.78, 5) is 20.3. The van der Waals surface area contributed by atoms with Crippen molar-refractivity contribution < 1.29 is 5.11 Å². The van der Waals surface area contributed by atoms with E-state index in [4.69, 9.17) is 16.6 Å². The molecule has 4 aromatic rings. The summed E-state index contributed by atoms with van der Waals surface area (Å²) in [7, 11) is 1.68. The van der Waals surface area contributed by atoms with Crippen molar-refractivity contribution in [3.63, 3.8) is 0 Å². The van der Waals surface area contributed by atoms with Gasteiger partial charge in [0.1, 0.15) is 28.8 Å². The number of aromatic nitrogens is 2. The zero-order chi connectivity index (χ0) is 23.8. The van der Waals surface area contributed by atoms with Gasteiger partial charge in [-0.1, -0.05) is 35.9 Å². The van der Waals surface area contributed by atoms with Crippen LogP contribution in [0.1, 0.15) is 24.8 Å². The van der Waals surface area contributed by atoms with Crippen molar-refractivity contribution in [2.75, 3.05) is 18.0 Å². The molecule has 2 aromatic heterocycles. The molecule has 1 aliphatic heterocycles. The number of piperidine rings is 1. The maximum atomic E-state index is 13.4. The second-order valence-corrected chi connectivity index (χ2v) is 8.96. The molecular formula is C27H23ClN4O2. The van der Waals surface area contributed by atoms with E-state index in [1.54, 1.807) is 37.4 Å². The molecule has 7 heteroatoms. The van der Waals surface area contributed by atoms with Crippen LogP contribution in [-0.4, -0.2) is 27.7 Å². The monoisotopic (exact) mass is 470 g/mol. The molecular weight excluding hydrogens is 448 g/mol. The molecule has 0 amide bonds. The van der Waals surface area contributed by atoms with E-state index in [0.29, 0.717) is 38.6 Å². The van der Waals surface area contributed by atoms with Crippen molar-refractivity contribution in [3.05, 3.63) is 75.5 Å². The third kappa shape index (κ3) is 3.68. The van der Waals surface area contributed by atoms with E-state index in [1.807, 2.05) is 24.3 Å². The van der Waals surface area contributed by atoms with E-state index in [-0.39, 0.29) is 16.9 Å². The average Bonchev–Trinajstić information content (AvgIpc) is 2.88. The number of aromatic hydroxyl groups is 1. The quantitative estimate of drug-likeness (QED) is 0.428. The van der Waals surface area contributed by atoms with Crippen LogP contribution < -0.4 is 10.5 Å². The first-order chi connectivity index (χ1) is 16.5. The number of nitrogens with zero attached hydrogens (tertiary/aromatic N) is 4. The Hall–Kier alpha value is -3.82. The van der Waals surface area contributed by atoms with Crippen molar-refractivity contribution in [2.24, 2.45) is 7.05 Å². The molecule has 0 spiro atoms. The molecule has 0 aliphatic carbocycles. The number of hydrogen-bond acceptors (Lipinski definition) is 5. The van der Waals surface area contributed by atoms with Crippen LogP contribution in [0.15, 0.2) is 59.4 Å². The molecule has 3 heterocycles. The predicted molar refractivity (Wildman–Crippen MR) is 135 cm³/mol. The van der Waals surface area contributed by atoms with Gasteiger partial charge in [-0.05, 0) is 55.2 Å². The molecule has 6 nitrogen and oxygen atoms in total. The van der Waals surface area contributed by atoms with E-state index in [1.165, 1.54) is 4.57 Å². The number of fused-ring (bicyclic) bond motifs is 1. The van der Waals surface area contributed by atoms with E-state index in [0.717, 1.165) is 37.9 Å². The van der Waals surface area contributed by atoms with Crippen molar-refractivity contribution in [1.29, 1.82) is 5.26 Å². The lowest BCUT2D eigenvalue weighted by atomic mass is 9.97. The second kappa shape index (κ2) is 8.85. The number of hydrogen-bond donors (Lipinski definition) is 1. The molecule has 34 heavy (non-hydrogen) atoms. The maximum absolute atomic E-state index is 13.4. The lowest BCUT2D eigenvalue weighted by Crippen LogP contribution is -2.31. The number of nitriles is 1. The summed E-state index contributed by atoms with van der Waals surface area (Å²) < 4.78 is 1.52. The fourth-order valence-corrected chi connectivity index (χ4v) is 4.80. The van der Waals surface area contributed by atoms with Gasteiger partial charge in [0.05, 0.1) is 11.2 Å². The van der Waals surface area contributed by atoms with Crippen LogP contribution >= 0.6 is 11.6 Å². The van der Waals surface area contributed by atoms with Gasteiger partial charge in [-0.15, -0.1) is 0 Å². The van der Waals surface area contributed by atoms with Crippen LogP contribution in [0.2, 0.25) is 5.02 Å². The smallest absolute Gasteiger partial charge is 0.264 e. The molecule has 1 N–H and O–H groups in total. The van der Waals surface area contributed by atoms with E-state index >= 15 is 0 Å². The Labute approximate surface area is 202 Å². The van der Waals surface area contributed by atoms with Gasteiger partial charge in [-0.3, -0.25) is 4.79 Å². The Morgan fingerprint density at radius 2 is 1.76 bits per heavy atom. The Balaban J connectivity index is 1.84. The van der Waals surface area contributed by atoms with Crippen molar-refractivity contribution in [1.82, 2.24) is 9.55 Å². The molecule has 0 bridgehead atoms.